The van der Waals surface area contributed by atoms with Crippen LogP contribution >= 0.6 is 27.7 Å². The molecular weight excluding hydrogens is 306 g/mol. The maximum absolute atomic E-state index is 3.69. The van der Waals surface area contributed by atoms with Gasteiger partial charge in [0.25, 0.3) is 0 Å². The normalized spacial score (nSPS) is 27.6. The second kappa shape index (κ2) is 6.97. The van der Waals surface area contributed by atoms with Crippen molar-refractivity contribution >= 4 is 27.7 Å². The summed E-state index contributed by atoms with van der Waals surface area (Å²) in [6.45, 7) is 5.79. The Bertz CT molecular complexity index is 383. The number of rotatable bonds is 5. The molecule has 3 heteroatoms. The molecule has 0 saturated heterocycles. The van der Waals surface area contributed by atoms with Crippen LogP contribution in [0.2, 0.25) is 0 Å². The van der Waals surface area contributed by atoms with Crippen LogP contribution in [0.25, 0.3) is 0 Å². The van der Waals surface area contributed by atoms with Gasteiger partial charge in [-0.05, 0) is 59.8 Å². The second-order valence-corrected chi connectivity index (χ2v) is 7.22. The summed E-state index contributed by atoms with van der Waals surface area (Å²) in [6.07, 6.45) is 3.88. The first-order valence-corrected chi connectivity index (χ1v) is 8.54. The summed E-state index contributed by atoms with van der Waals surface area (Å²) in [5.41, 5.74) is 0. The van der Waals surface area contributed by atoms with Crippen molar-refractivity contribution in [3.63, 3.8) is 0 Å². The highest BCUT2D eigenvalue weighted by molar-refractivity contribution is 9.10. The summed E-state index contributed by atoms with van der Waals surface area (Å²) in [5.74, 6) is 0.758. The van der Waals surface area contributed by atoms with Gasteiger partial charge in [0.15, 0.2) is 0 Å². The third-order valence-corrected chi connectivity index (χ3v) is 6.29. The van der Waals surface area contributed by atoms with Crippen LogP contribution in [-0.2, 0) is 0 Å². The molecule has 0 aromatic heterocycles. The Kier molecular flexibility index (Phi) is 5.58. The van der Waals surface area contributed by atoms with E-state index in [4.69, 9.17) is 0 Å². The van der Waals surface area contributed by atoms with E-state index in [1.807, 2.05) is 11.8 Å². The van der Waals surface area contributed by atoms with Crippen LogP contribution in [0.15, 0.2) is 33.6 Å². The van der Waals surface area contributed by atoms with Gasteiger partial charge in [-0.15, -0.1) is 11.8 Å². The fourth-order valence-corrected chi connectivity index (χ4v) is 4.50. The first-order valence-electron chi connectivity index (χ1n) is 6.87. The zero-order valence-corrected chi connectivity index (χ0v) is 13.6. The minimum atomic E-state index is 0.713. The lowest BCUT2D eigenvalue weighted by Crippen LogP contribution is -2.33. The summed E-state index contributed by atoms with van der Waals surface area (Å²) >= 11 is 5.68. The molecule has 0 amide bonds. The van der Waals surface area contributed by atoms with Crippen LogP contribution in [0.4, 0.5) is 0 Å². The SMILES string of the molecule is CCCNC1CCC(Sc2ccccc2Br)C1C. The minimum absolute atomic E-state index is 0.713. The first kappa shape index (κ1) is 14.4. The van der Waals surface area contributed by atoms with E-state index in [0.717, 1.165) is 17.7 Å². The van der Waals surface area contributed by atoms with Crippen molar-refractivity contribution < 1.29 is 0 Å². The van der Waals surface area contributed by atoms with E-state index >= 15 is 0 Å². The molecule has 0 radical (unpaired) electrons. The van der Waals surface area contributed by atoms with Gasteiger partial charge in [-0.2, -0.15) is 0 Å². The van der Waals surface area contributed by atoms with Crippen LogP contribution in [0.3, 0.4) is 0 Å². The maximum atomic E-state index is 3.69. The molecule has 1 nitrogen and oxygen atoms in total. The van der Waals surface area contributed by atoms with Crippen molar-refractivity contribution in [1.29, 1.82) is 0 Å². The molecule has 1 aliphatic carbocycles. The molecule has 1 aliphatic rings. The Labute approximate surface area is 123 Å². The van der Waals surface area contributed by atoms with Crippen molar-refractivity contribution in [2.45, 2.75) is 49.3 Å². The van der Waals surface area contributed by atoms with Gasteiger partial charge >= 0.3 is 0 Å². The Morgan fingerprint density at radius 1 is 1.33 bits per heavy atom. The summed E-state index contributed by atoms with van der Waals surface area (Å²) in [5, 5.41) is 4.43. The van der Waals surface area contributed by atoms with Gasteiger partial charge in [-0.1, -0.05) is 26.0 Å². The van der Waals surface area contributed by atoms with Gasteiger partial charge in [-0.25, -0.2) is 0 Å². The van der Waals surface area contributed by atoms with Gasteiger partial charge in [0.05, 0.1) is 0 Å². The monoisotopic (exact) mass is 327 g/mol. The molecule has 0 bridgehead atoms. The van der Waals surface area contributed by atoms with Crippen molar-refractivity contribution in [3.8, 4) is 0 Å². The molecule has 0 heterocycles. The molecule has 0 aliphatic heterocycles. The smallest absolute Gasteiger partial charge is 0.0311 e. The van der Waals surface area contributed by atoms with Crippen LogP contribution in [-0.4, -0.2) is 17.8 Å². The molecule has 0 spiro atoms. The minimum Gasteiger partial charge on any atom is -0.314 e. The molecule has 1 N–H and O–H groups in total. The van der Waals surface area contributed by atoms with E-state index < -0.39 is 0 Å². The molecule has 2 rings (SSSR count). The lowest BCUT2D eigenvalue weighted by Gasteiger charge is -2.21. The Morgan fingerprint density at radius 2 is 2.11 bits per heavy atom. The van der Waals surface area contributed by atoms with Crippen LogP contribution < -0.4 is 5.32 Å². The zero-order valence-electron chi connectivity index (χ0n) is 11.2. The largest absolute Gasteiger partial charge is 0.314 e. The van der Waals surface area contributed by atoms with E-state index in [-0.39, 0.29) is 0 Å². The summed E-state index contributed by atoms with van der Waals surface area (Å²) < 4.78 is 1.23. The van der Waals surface area contributed by atoms with E-state index in [9.17, 15) is 0 Å². The number of benzene rings is 1. The number of thioether (sulfide) groups is 1. The van der Waals surface area contributed by atoms with E-state index in [0.29, 0.717) is 6.04 Å². The first-order chi connectivity index (χ1) is 8.72. The predicted molar refractivity (Wildman–Crippen MR) is 84.3 cm³/mol. The maximum Gasteiger partial charge on any atom is 0.0311 e. The fourth-order valence-electron chi connectivity index (χ4n) is 2.62. The molecule has 1 fully saturated rings. The highest BCUT2D eigenvalue weighted by Gasteiger charge is 2.33. The average Bonchev–Trinajstić information content (AvgIpc) is 2.71. The molecule has 18 heavy (non-hydrogen) atoms. The van der Waals surface area contributed by atoms with E-state index in [1.165, 1.54) is 28.6 Å². The standard InChI is InChI=1S/C15H22BrNS/c1-3-10-17-13-8-9-14(11(13)2)18-15-7-5-4-6-12(15)16/h4-7,11,13-14,17H,3,8-10H2,1-2H3. The highest BCUT2D eigenvalue weighted by atomic mass is 79.9. The molecule has 1 saturated carbocycles. The zero-order chi connectivity index (χ0) is 13.0. The van der Waals surface area contributed by atoms with Crippen molar-refractivity contribution in [2.75, 3.05) is 6.54 Å². The van der Waals surface area contributed by atoms with Gasteiger partial charge in [0.1, 0.15) is 0 Å². The number of hydrogen-bond donors (Lipinski definition) is 1. The van der Waals surface area contributed by atoms with Crippen molar-refractivity contribution in [1.82, 2.24) is 5.32 Å². The van der Waals surface area contributed by atoms with E-state index in [1.54, 1.807) is 0 Å². The number of halogens is 1. The summed E-state index contributed by atoms with van der Waals surface area (Å²) in [7, 11) is 0. The predicted octanol–water partition coefficient (Wildman–Crippen LogP) is 4.71. The van der Waals surface area contributed by atoms with Gasteiger partial charge in [-0.3, -0.25) is 0 Å². The van der Waals surface area contributed by atoms with Gasteiger partial charge in [0.2, 0.25) is 0 Å². The van der Waals surface area contributed by atoms with Gasteiger partial charge in [0, 0.05) is 20.7 Å². The van der Waals surface area contributed by atoms with Gasteiger partial charge < -0.3 is 5.32 Å². The Morgan fingerprint density at radius 3 is 2.83 bits per heavy atom. The van der Waals surface area contributed by atoms with Crippen molar-refractivity contribution in [2.24, 2.45) is 5.92 Å². The molecular formula is C15H22BrNS. The van der Waals surface area contributed by atoms with Crippen molar-refractivity contribution in [3.05, 3.63) is 28.7 Å². The number of hydrogen-bond acceptors (Lipinski definition) is 2. The Hall–Kier alpha value is 0.01000. The highest BCUT2D eigenvalue weighted by Crippen LogP contribution is 2.41. The lowest BCUT2D eigenvalue weighted by atomic mass is 10.1. The third kappa shape index (κ3) is 3.52. The second-order valence-electron chi connectivity index (χ2n) is 5.08. The molecule has 3 unspecified atom stereocenters. The summed E-state index contributed by atoms with van der Waals surface area (Å²) in [4.78, 5) is 1.38. The molecule has 3 atom stereocenters. The molecule has 1 aromatic carbocycles. The Balaban J connectivity index is 1.93. The fraction of sp³-hybridized carbons (Fsp3) is 0.600. The molecule has 1 aromatic rings. The third-order valence-electron chi connectivity index (χ3n) is 3.75. The van der Waals surface area contributed by atoms with Crippen LogP contribution in [0.1, 0.15) is 33.1 Å². The summed E-state index contributed by atoms with van der Waals surface area (Å²) in [6, 6.07) is 9.27. The average molecular weight is 328 g/mol. The van der Waals surface area contributed by atoms with Crippen LogP contribution in [0.5, 0.6) is 0 Å². The lowest BCUT2D eigenvalue weighted by molar-refractivity contribution is 0.432. The molecule has 100 valence electrons. The number of nitrogens with one attached hydrogen (secondary N) is 1. The van der Waals surface area contributed by atoms with Crippen LogP contribution in [0, 0.1) is 5.92 Å². The quantitative estimate of drug-likeness (QED) is 0.840. The van der Waals surface area contributed by atoms with E-state index in [2.05, 4.69) is 59.4 Å². The topological polar surface area (TPSA) is 12.0 Å².